The van der Waals surface area contributed by atoms with E-state index >= 15 is 0 Å². The minimum absolute atomic E-state index is 0. The summed E-state index contributed by atoms with van der Waals surface area (Å²) in [6.07, 6.45) is 0.562. The van der Waals surface area contributed by atoms with Gasteiger partial charge in [-0.15, -0.1) is 0 Å². The van der Waals surface area contributed by atoms with Gasteiger partial charge in [0.1, 0.15) is 11.6 Å². The van der Waals surface area contributed by atoms with Crippen molar-refractivity contribution in [3.8, 4) is 0 Å². The van der Waals surface area contributed by atoms with Gasteiger partial charge in [-0.25, -0.2) is 9.59 Å². The van der Waals surface area contributed by atoms with Gasteiger partial charge < -0.3 is 19.7 Å². The largest absolute Gasteiger partial charge is 1.00 e. The molecule has 1 atom stereocenters. The van der Waals surface area contributed by atoms with Crippen LogP contribution in [0.2, 0.25) is 0 Å². The summed E-state index contributed by atoms with van der Waals surface area (Å²) in [5, 5.41) is 19.8. The van der Waals surface area contributed by atoms with Crippen molar-refractivity contribution < 1.29 is 58.8 Å². The van der Waals surface area contributed by atoms with Gasteiger partial charge in [0.15, 0.2) is 0 Å². The number of aliphatic hydroxyl groups is 1. The normalized spacial score (nSPS) is 19.2. The predicted molar refractivity (Wildman–Crippen MR) is 54.1 cm³/mol. The second-order valence-electron chi connectivity index (χ2n) is 3.33. The summed E-state index contributed by atoms with van der Waals surface area (Å²) >= 11 is 0. The van der Waals surface area contributed by atoms with Crippen LogP contribution in [0.25, 0.3) is 0 Å². The van der Waals surface area contributed by atoms with E-state index in [4.69, 9.17) is 5.11 Å². The standard InChI is InChI=1S/C10H13NO6.Na/c1-16-9(14)6-4-3-5(11-6)7(8(12)13)10(15)17-2;/h6,12-13H,3-4H2,1-2H3;/q;+1/p-1. The van der Waals surface area contributed by atoms with E-state index in [0.717, 1.165) is 7.11 Å². The predicted octanol–water partition coefficient (Wildman–Crippen LogP) is -3.93. The molecule has 94 valence electrons. The Morgan fingerprint density at radius 3 is 2.44 bits per heavy atom. The van der Waals surface area contributed by atoms with E-state index in [1.165, 1.54) is 7.11 Å². The van der Waals surface area contributed by atoms with E-state index in [-0.39, 0.29) is 41.7 Å². The SMILES string of the molecule is COC(=O)/C(C1=NC(C(=O)OC)CC1)=C(\[O-])O.[Na+]. The number of carbonyl (C=O) groups is 2. The van der Waals surface area contributed by atoms with Crippen LogP contribution in [-0.4, -0.2) is 43.0 Å². The maximum atomic E-state index is 11.2. The summed E-state index contributed by atoms with van der Waals surface area (Å²) in [4.78, 5) is 26.3. The van der Waals surface area contributed by atoms with E-state index in [1.54, 1.807) is 0 Å². The first kappa shape index (κ1) is 16.9. The van der Waals surface area contributed by atoms with E-state index < -0.39 is 29.5 Å². The third kappa shape index (κ3) is 3.72. The maximum Gasteiger partial charge on any atom is 1.00 e. The summed E-state index contributed by atoms with van der Waals surface area (Å²) in [7, 11) is 2.30. The second kappa shape index (κ2) is 7.40. The van der Waals surface area contributed by atoms with Crippen molar-refractivity contribution >= 4 is 17.7 Å². The first-order chi connectivity index (χ1) is 8.01. The van der Waals surface area contributed by atoms with Crippen molar-refractivity contribution in [3.05, 3.63) is 11.5 Å². The summed E-state index contributed by atoms with van der Waals surface area (Å²) in [5.41, 5.74) is -0.460. The molecular formula is C10H12NNaO6. The number of esters is 2. The molecule has 0 spiro atoms. The van der Waals surface area contributed by atoms with E-state index in [0.29, 0.717) is 6.42 Å². The Morgan fingerprint density at radius 2 is 2.00 bits per heavy atom. The first-order valence-electron chi connectivity index (χ1n) is 4.84. The zero-order valence-electron chi connectivity index (χ0n) is 10.4. The second-order valence-corrected chi connectivity index (χ2v) is 3.33. The third-order valence-corrected chi connectivity index (χ3v) is 2.33. The van der Waals surface area contributed by atoms with Crippen molar-refractivity contribution in [2.24, 2.45) is 4.99 Å². The molecule has 0 saturated carbocycles. The van der Waals surface area contributed by atoms with Crippen molar-refractivity contribution in [3.63, 3.8) is 0 Å². The summed E-state index contributed by atoms with van der Waals surface area (Å²) < 4.78 is 8.84. The number of aliphatic imine (C=N–C) groups is 1. The number of aliphatic hydroxyl groups excluding tert-OH is 1. The zero-order valence-corrected chi connectivity index (χ0v) is 12.4. The Bertz CT molecular complexity index is 399. The monoisotopic (exact) mass is 265 g/mol. The molecule has 0 radical (unpaired) electrons. The Morgan fingerprint density at radius 1 is 1.39 bits per heavy atom. The zero-order chi connectivity index (χ0) is 13.0. The van der Waals surface area contributed by atoms with Gasteiger partial charge in [0.05, 0.1) is 25.9 Å². The molecule has 0 aromatic rings. The average molecular weight is 265 g/mol. The minimum Gasteiger partial charge on any atom is -0.629 e. The van der Waals surface area contributed by atoms with Gasteiger partial charge in [-0.2, -0.15) is 0 Å². The molecule has 1 N–H and O–H groups in total. The molecule has 18 heavy (non-hydrogen) atoms. The topological polar surface area (TPSA) is 108 Å². The van der Waals surface area contributed by atoms with Crippen LogP contribution in [0, 0.1) is 0 Å². The van der Waals surface area contributed by atoms with Gasteiger partial charge in [0, 0.05) is 0 Å². The number of methoxy groups -OCH3 is 2. The number of nitrogens with zero attached hydrogens (tertiary/aromatic N) is 1. The molecule has 0 aliphatic carbocycles. The van der Waals surface area contributed by atoms with Crippen molar-refractivity contribution in [2.45, 2.75) is 18.9 Å². The summed E-state index contributed by atoms with van der Waals surface area (Å²) in [6.45, 7) is 0. The molecular weight excluding hydrogens is 253 g/mol. The number of carbonyl (C=O) groups excluding carboxylic acids is 2. The maximum absolute atomic E-state index is 11.2. The summed E-state index contributed by atoms with van der Waals surface area (Å²) in [6, 6.07) is -0.742. The fraction of sp³-hybridized carbons (Fsp3) is 0.500. The molecule has 0 fully saturated rings. The van der Waals surface area contributed by atoms with Crippen molar-refractivity contribution in [2.75, 3.05) is 14.2 Å². The van der Waals surface area contributed by atoms with E-state index in [1.807, 2.05) is 0 Å². The number of ether oxygens (including phenoxy) is 2. The van der Waals surface area contributed by atoms with Gasteiger partial charge >= 0.3 is 41.5 Å². The van der Waals surface area contributed by atoms with Crippen molar-refractivity contribution in [1.82, 2.24) is 0 Å². The van der Waals surface area contributed by atoms with Crippen LogP contribution in [0.15, 0.2) is 16.5 Å². The number of hydrogen-bond acceptors (Lipinski definition) is 7. The van der Waals surface area contributed by atoms with Gasteiger partial charge in [-0.3, -0.25) is 4.99 Å². The van der Waals surface area contributed by atoms with Crippen LogP contribution in [0.5, 0.6) is 0 Å². The quantitative estimate of drug-likeness (QED) is 0.242. The molecule has 0 amide bonds. The molecule has 7 nitrogen and oxygen atoms in total. The van der Waals surface area contributed by atoms with Crippen LogP contribution >= 0.6 is 0 Å². The molecule has 0 aromatic heterocycles. The smallest absolute Gasteiger partial charge is 0.629 e. The Balaban J connectivity index is 0.00000289. The molecule has 1 heterocycles. The van der Waals surface area contributed by atoms with E-state index in [2.05, 4.69) is 14.5 Å². The van der Waals surface area contributed by atoms with E-state index in [9.17, 15) is 14.7 Å². The average Bonchev–Trinajstić information content (AvgIpc) is 2.76. The fourth-order valence-corrected chi connectivity index (χ4v) is 1.52. The molecule has 0 bridgehead atoms. The van der Waals surface area contributed by atoms with Crippen LogP contribution in [0.1, 0.15) is 12.8 Å². The Hall–Kier alpha value is -1.05. The van der Waals surface area contributed by atoms with Crippen molar-refractivity contribution in [1.29, 1.82) is 0 Å². The molecule has 8 heteroatoms. The van der Waals surface area contributed by atoms with Gasteiger partial charge in [0.2, 0.25) is 0 Å². The fourth-order valence-electron chi connectivity index (χ4n) is 1.52. The van der Waals surface area contributed by atoms with Crippen LogP contribution in [0.3, 0.4) is 0 Å². The van der Waals surface area contributed by atoms with Crippen LogP contribution < -0.4 is 34.7 Å². The molecule has 1 aliphatic heterocycles. The number of rotatable bonds is 3. The number of hydrogen-bond donors (Lipinski definition) is 1. The molecule has 1 aliphatic rings. The van der Waals surface area contributed by atoms with Gasteiger partial charge in [-0.05, 0) is 12.8 Å². The molecule has 0 saturated heterocycles. The van der Waals surface area contributed by atoms with Crippen LogP contribution in [0.4, 0.5) is 0 Å². The van der Waals surface area contributed by atoms with Crippen LogP contribution in [-0.2, 0) is 19.1 Å². The minimum atomic E-state index is -1.42. The Kier molecular flexibility index (Phi) is 6.97. The van der Waals surface area contributed by atoms with Gasteiger partial charge in [-0.1, -0.05) is 0 Å². The molecule has 1 rings (SSSR count). The van der Waals surface area contributed by atoms with Gasteiger partial charge in [0.25, 0.3) is 0 Å². The first-order valence-corrected chi connectivity index (χ1v) is 4.84. The molecule has 1 unspecified atom stereocenters. The Labute approximate surface area is 126 Å². The summed E-state index contributed by atoms with van der Waals surface area (Å²) in [5.74, 6) is -2.93. The molecule has 0 aromatic carbocycles. The third-order valence-electron chi connectivity index (χ3n) is 2.33.